The van der Waals surface area contributed by atoms with Crippen molar-refractivity contribution in [3.05, 3.63) is 112 Å². The van der Waals surface area contributed by atoms with Crippen LogP contribution in [0.25, 0.3) is 0 Å². The number of benzene rings is 3. The smallest absolute Gasteiger partial charge is 0.275 e. The van der Waals surface area contributed by atoms with E-state index in [2.05, 4.69) is 38.0 Å². The summed E-state index contributed by atoms with van der Waals surface area (Å²) in [6.45, 7) is 3.39. The van der Waals surface area contributed by atoms with Gasteiger partial charge in [-0.3, -0.25) is 24.3 Å². The van der Waals surface area contributed by atoms with Gasteiger partial charge in [0, 0.05) is 22.6 Å². The Kier molecular flexibility index (Phi) is 8.40. The molecular weight excluding hydrogens is 543 g/mol. The van der Waals surface area contributed by atoms with E-state index >= 15 is 0 Å². The van der Waals surface area contributed by atoms with Crippen molar-refractivity contribution in [1.82, 2.24) is 10.2 Å². The van der Waals surface area contributed by atoms with Crippen molar-refractivity contribution >= 4 is 69.6 Å². The Labute approximate surface area is 232 Å². The fraction of sp³-hybridized carbons (Fsp3) is 0. The van der Waals surface area contributed by atoms with E-state index < -0.39 is 17.7 Å². The lowest BCUT2D eigenvalue weighted by Gasteiger charge is -2.11. The highest BCUT2D eigenvalue weighted by Gasteiger charge is 2.20. The number of hydrogen-bond acceptors (Lipinski definition) is 5. The van der Waals surface area contributed by atoms with Crippen molar-refractivity contribution in [1.29, 1.82) is 0 Å². The van der Waals surface area contributed by atoms with Gasteiger partial charge in [0.15, 0.2) is 0 Å². The molecule has 0 aliphatic heterocycles. The molecule has 4 rings (SSSR count). The first-order valence-electron chi connectivity index (χ1n) is 11.3. The van der Waals surface area contributed by atoms with Crippen LogP contribution in [0.3, 0.4) is 0 Å². The number of H-pyrrole nitrogens is 1. The number of amides is 4. The Balaban J connectivity index is 1.42. The highest BCUT2D eigenvalue weighted by atomic mass is 35.5. The van der Waals surface area contributed by atoms with Gasteiger partial charge in [-0.15, -0.1) is 0 Å². The molecule has 196 valence electrons. The fourth-order valence-electron chi connectivity index (χ4n) is 3.42. The molecule has 0 aliphatic carbocycles. The minimum Gasteiger partial charge on any atom is -0.323 e. The van der Waals surface area contributed by atoms with Crippen LogP contribution in [0.5, 0.6) is 0 Å². The monoisotopic (exact) mass is 562 g/mol. The molecule has 0 aliphatic rings. The highest BCUT2D eigenvalue weighted by Crippen LogP contribution is 2.26. The molecule has 39 heavy (non-hydrogen) atoms. The van der Waals surface area contributed by atoms with Gasteiger partial charge in [-0.1, -0.05) is 41.9 Å². The zero-order valence-electron chi connectivity index (χ0n) is 20.0. The standard InChI is InChI=1S/C27H20Cl2N6O4/c1-2-22(36)31-16-11-9-15(10-12-16)25(37)32-17-5-3-6-18(13-17)33-27(39)24-21(14-30-35-24)34-26(38)23-19(28)7-4-8-20(23)29/h2-14H,1H2,(H,30,35)(H,31,36)(H,32,37)(H,33,39)(H,34,38). The minimum absolute atomic E-state index is 0.00963. The maximum Gasteiger partial charge on any atom is 0.275 e. The number of nitrogens with one attached hydrogen (secondary N) is 5. The van der Waals surface area contributed by atoms with Crippen molar-refractivity contribution < 1.29 is 19.2 Å². The van der Waals surface area contributed by atoms with Crippen LogP contribution in [0.1, 0.15) is 31.2 Å². The molecule has 1 heterocycles. The lowest BCUT2D eigenvalue weighted by Crippen LogP contribution is -2.18. The molecule has 0 fully saturated rings. The van der Waals surface area contributed by atoms with Gasteiger partial charge >= 0.3 is 0 Å². The summed E-state index contributed by atoms with van der Waals surface area (Å²) in [5, 5.41) is 17.3. The van der Waals surface area contributed by atoms with Crippen molar-refractivity contribution in [2.24, 2.45) is 0 Å². The average Bonchev–Trinajstić information content (AvgIpc) is 3.37. The zero-order valence-corrected chi connectivity index (χ0v) is 21.6. The first-order chi connectivity index (χ1) is 18.7. The second-order valence-electron chi connectivity index (χ2n) is 7.97. The number of rotatable bonds is 8. The third kappa shape index (κ3) is 6.69. The SMILES string of the molecule is C=CC(=O)Nc1ccc(C(=O)Nc2cccc(NC(=O)c3[nH]ncc3NC(=O)c3c(Cl)cccc3Cl)c2)cc1. The summed E-state index contributed by atoms with van der Waals surface area (Å²) in [5.41, 5.74) is 1.85. The summed E-state index contributed by atoms with van der Waals surface area (Å²) in [6.07, 6.45) is 2.43. The molecule has 1 aromatic heterocycles. The molecule has 5 N–H and O–H groups in total. The number of nitrogens with zero attached hydrogens (tertiary/aromatic N) is 1. The van der Waals surface area contributed by atoms with E-state index in [-0.39, 0.29) is 32.9 Å². The molecule has 0 spiro atoms. The third-order valence-electron chi connectivity index (χ3n) is 5.28. The number of hydrogen-bond donors (Lipinski definition) is 5. The molecule has 0 saturated heterocycles. The number of carbonyl (C=O) groups is 4. The number of aromatic nitrogens is 2. The topological polar surface area (TPSA) is 145 Å². The van der Waals surface area contributed by atoms with Crippen molar-refractivity contribution in [3.8, 4) is 0 Å². The molecule has 0 radical (unpaired) electrons. The van der Waals surface area contributed by atoms with Gasteiger partial charge in [-0.25, -0.2) is 0 Å². The zero-order chi connectivity index (χ0) is 27.9. The number of halogens is 2. The molecule has 4 aromatic rings. The van der Waals surface area contributed by atoms with Gasteiger partial charge in [-0.05, 0) is 60.7 Å². The number of anilines is 4. The van der Waals surface area contributed by atoms with Gasteiger partial charge in [0.25, 0.3) is 17.7 Å². The summed E-state index contributed by atoms with van der Waals surface area (Å²) >= 11 is 12.2. The Bertz CT molecular complexity index is 1560. The second-order valence-corrected chi connectivity index (χ2v) is 8.78. The molecule has 0 unspecified atom stereocenters. The lowest BCUT2D eigenvalue weighted by molar-refractivity contribution is -0.111. The molecular formula is C27H20Cl2N6O4. The molecule has 4 amide bonds. The van der Waals surface area contributed by atoms with E-state index in [4.69, 9.17) is 23.2 Å². The molecule has 0 saturated carbocycles. The summed E-state index contributed by atoms with van der Waals surface area (Å²) in [4.78, 5) is 49.7. The van der Waals surface area contributed by atoms with Gasteiger partial charge < -0.3 is 21.3 Å². The fourth-order valence-corrected chi connectivity index (χ4v) is 3.99. The summed E-state index contributed by atoms with van der Waals surface area (Å²) in [5.74, 6) is -1.95. The predicted octanol–water partition coefficient (Wildman–Crippen LogP) is 5.60. The van der Waals surface area contributed by atoms with Crippen LogP contribution >= 0.6 is 23.2 Å². The molecule has 3 aromatic carbocycles. The Hall–Kier alpha value is -4.93. The van der Waals surface area contributed by atoms with Crippen molar-refractivity contribution in [3.63, 3.8) is 0 Å². The lowest BCUT2D eigenvalue weighted by atomic mass is 10.2. The maximum atomic E-state index is 12.9. The van der Waals surface area contributed by atoms with Gasteiger partial charge in [-0.2, -0.15) is 5.10 Å². The Morgan fingerprint density at radius 1 is 0.744 bits per heavy atom. The third-order valence-corrected chi connectivity index (χ3v) is 5.91. The number of carbonyl (C=O) groups excluding carboxylic acids is 4. The minimum atomic E-state index is -0.609. The molecule has 0 atom stereocenters. The van der Waals surface area contributed by atoms with Crippen LogP contribution in [0.4, 0.5) is 22.7 Å². The Morgan fingerprint density at radius 2 is 1.36 bits per heavy atom. The molecule has 12 heteroatoms. The van der Waals surface area contributed by atoms with E-state index in [0.717, 1.165) is 6.08 Å². The van der Waals surface area contributed by atoms with Crippen molar-refractivity contribution in [2.75, 3.05) is 21.3 Å². The number of aromatic amines is 1. The van der Waals surface area contributed by atoms with Crippen LogP contribution in [0, 0.1) is 0 Å². The van der Waals surface area contributed by atoms with E-state index in [0.29, 0.717) is 22.6 Å². The summed E-state index contributed by atoms with van der Waals surface area (Å²) in [7, 11) is 0. The summed E-state index contributed by atoms with van der Waals surface area (Å²) in [6, 6.07) is 17.4. The van der Waals surface area contributed by atoms with Gasteiger partial charge in [0.1, 0.15) is 5.69 Å². The van der Waals surface area contributed by atoms with Crippen LogP contribution in [0.15, 0.2) is 85.6 Å². The predicted molar refractivity (Wildman–Crippen MR) is 151 cm³/mol. The van der Waals surface area contributed by atoms with Gasteiger partial charge in [0.05, 0.1) is 27.5 Å². The molecule has 10 nitrogen and oxygen atoms in total. The van der Waals surface area contributed by atoms with Gasteiger partial charge in [0.2, 0.25) is 5.91 Å². The molecule has 0 bridgehead atoms. The van der Waals surface area contributed by atoms with E-state index in [9.17, 15) is 19.2 Å². The largest absolute Gasteiger partial charge is 0.323 e. The normalized spacial score (nSPS) is 10.3. The van der Waals surface area contributed by atoms with Crippen LogP contribution in [0.2, 0.25) is 10.0 Å². The van der Waals surface area contributed by atoms with Crippen LogP contribution in [-0.2, 0) is 4.79 Å². The van der Waals surface area contributed by atoms with Crippen LogP contribution < -0.4 is 21.3 Å². The van der Waals surface area contributed by atoms with Crippen LogP contribution in [-0.4, -0.2) is 33.8 Å². The quantitative estimate of drug-likeness (QED) is 0.177. The highest BCUT2D eigenvalue weighted by molar-refractivity contribution is 6.40. The average molecular weight is 563 g/mol. The maximum absolute atomic E-state index is 12.9. The van der Waals surface area contributed by atoms with E-state index in [1.807, 2.05) is 0 Å². The van der Waals surface area contributed by atoms with Crippen molar-refractivity contribution in [2.45, 2.75) is 0 Å². The first kappa shape index (κ1) is 27.1. The van der Waals surface area contributed by atoms with E-state index in [1.165, 1.54) is 18.3 Å². The second kappa shape index (κ2) is 12.1. The Morgan fingerprint density at radius 3 is 2.00 bits per heavy atom. The summed E-state index contributed by atoms with van der Waals surface area (Å²) < 4.78 is 0. The van der Waals surface area contributed by atoms with E-state index in [1.54, 1.807) is 54.6 Å². The first-order valence-corrected chi connectivity index (χ1v) is 12.1.